The second kappa shape index (κ2) is 5.98. The molecule has 0 saturated carbocycles. The van der Waals surface area contributed by atoms with Crippen molar-refractivity contribution in [1.82, 2.24) is 10.2 Å². The van der Waals surface area contributed by atoms with Crippen LogP contribution in [0, 0.1) is 0 Å². The van der Waals surface area contributed by atoms with Crippen molar-refractivity contribution in [2.45, 2.75) is 25.8 Å². The van der Waals surface area contributed by atoms with Crippen molar-refractivity contribution in [2.24, 2.45) is 0 Å². The van der Waals surface area contributed by atoms with Gasteiger partial charge in [0.25, 0.3) is 0 Å². The Balaban J connectivity index is 2.14. The van der Waals surface area contributed by atoms with Crippen LogP contribution in [0.15, 0.2) is 0 Å². The third-order valence-electron chi connectivity index (χ3n) is 2.46. The van der Waals surface area contributed by atoms with Gasteiger partial charge >= 0.3 is 5.97 Å². The molecule has 1 fully saturated rings. The Bertz CT molecular complexity index is 185. The summed E-state index contributed by atoms with van der Waals surface area (Å²) < 4.78 is 4.84. The molecule has 0 aromatic carbocycles. The van der Waals surface area contributed by atoms with E-state index in [0.717, 1.165) is 19.5 Å². The van der Waals surface area contributed by atoms with Gasteiger partial charge in [0, 0.05) is 12.6 Å². The predicted octanol–water partition coefficient (Wildman–Crippen LogP) is 0.233. The van der Waals surface area contributed by atoms with Gasteiger partial charge in [-0.25, -0.2) is 0 Å². The number of esters is 1. The maximum atomic E-state index is 11.1. The van der Waals surface area contributed by atoms with Crippen LogP contribution in [0.3, 0.4) is 0 Å². The molecule has 4 nitrogen and oxygen atoms in total. The number of likely N-dealkylation sites (N-methyl/N-ethyl adjacent to an activating group) is 1. The second-order valence-corrected chi connectivity index (χ2v) is 3.79. The molecule has 1 saturated heterocycles. The van der Waals surface area contributed by atoms with E-state index in [-0.39, 0.29) is 5.97 Å². The number of nitrogens with one attached hydrogen (secondary N) is 1. The van der Waals surface area contributed by atoms with Gasteiger partial charge in [-0.15, -0.1) is 0 Å². The first-order chi connectivity index (χ1) is 6.72. The van der Waals surface area contributed by atoms with Crippen LogP contribution in [0.2, 0.25) is 0 Å². The van der Waals surface area contributed by atoms with Crippen molar-refractivity contribution < 1.29 is 9.53 Å². The number of hydrogen-bond acceptors (Lipinski definition) is 4. The standard InChI is InChI=1S/C10H20N2O2/c1-3-14-10(13)7-11-9-5-4-6-12(2)8-9/h9,11H,3-8H2,1-2H3. The highest BCUT2D eigenvalue weighted by Gasteiger charge is 2.17. The Morgan fingerprint density at radius 3 is 3.07 bits per heavy atom. The normalized spacial score (nSPS) is 23.4. The molecule has 1 atom stereocenters. The van der Waals surface area contributed by atoms with Crippen molar-refractivity contribution >= 4 is 5.97 Å². The Hall–Kier alpha value is -0.610. The van der Waals surface area contributed by atoms with Crippen molar-refractivity contribution in [3.63, 3.8) is 0 Å². The third kappa shape index (κ3) is 4.07. The lowest BCUT2D eigenvalue weighted by Gasteiger charge is -2.30. The third-order valence-corrected chi connectivity index (χ3v) is 2.46. The summed E-state index contributed by atoms with van der Waals surface area (Å²) in [5.41, 5.74) is 0. The maximum Gasteiger partial charge on any atom is 0.319 e. The molecule has 1 heterocycles. The van der Waals surface area contributed by atoms with E-state index in [9.17, 15) is 4.79 Å². The quantitative estimate of drug-likeness (QED) is 0.660. The number of likely N-dealkylation sites (tertiary alicyclic amines) is 1. The lowest BCUT2D eigenvalue weighted by molar-refractivity contribution is -0.142. The molecule has 1 aliphatic rings. The van der Waals surface area contributed by atoms with Crippen molar-refractivity contribution in [3.8, 4) is 0 Å². The van der Waals surface area contributed by atoms with Crippen molar-refractivity contribution in [3.05, 3.63) is 0 Å². The van der Waals surface area contributed by atoms with E-state index in [1.54, 1.807) is 0 Å². The summed E-state index contributed by atoms with van der Waals surface area (Å²) in [6.07, 6.45) is 2.36. The van der Waals surface area contributed by atoms with Crippen LogP contribution in [0.4, 0.5) is 0 Å². The zero-order valence-electron chi connectivity index (χ0n) is 9.08. The molecule has 1 unspecified atom stereocenters. The number of nitrogens with zero attached hydrogens (tertiary/aromatic N) is 1. The van der Waals surface area contributed by atoms with E-state index in [0.29, 0.717) is 19.2 Å². The van der Waals surface area contributed by atoms with E-state index >= 15 is 0 Å². The Morgan fingerprint density at radius 1 is 1.64 bits per heavy atom. The SMILES string of the molecule is CCOC(=O)CNC1CCCN(C)C1. The number of piperidine rings is 1. The number of hydrogen-bond donors (Lipinski definition) is 1. The molecule has 1 rings (SSSR count). The van der Waals surface area contributed by atoms with Gasteiger partial charge in [0.15, 0.2) is 0 Å². The fourth-order valence-corrected chi connectivity index (χ4v) is 1.77. The Kier molecular flexibility index (Phi) is 4.90. The van der Waals surface area contributed by atoms with Crippen LogP contribution >= 0.6 is 0 Å². The molecular formula is C10H20N2O2. The van der Waals surface area contributed by atoms with Gasteiger partial charge in [0.05, 0.1) is 13.2 Å². The molecule has 1 aliphatic heterocycles. The van der Waals surface area contributed by atoms with Crippen LogP contribution in [0.25, 0.3) is 0 Å². The van der Waals surface area contributed by atoms with Crippen LogP contribution in [0.5, 0.6) is 0 Å². The monoisotopic (exact) mass is 200 g/mol. The van der Waals surface area contributed by atoms with Gasteiger partial charge in [-0.3, -0.25) is 4.79 Å². The summed E-state index contributed by atoms with van der Waals surface area (Å²) in [5.74, 6) is -0.152. The number of ether oxygens (including phenoxy) is 1. The highest BCUT2D eigenvalue weighted by atomic mass is 16.5. The molecule has 14 heavy (non-hydrogen) atoms. The molecule has 0 aromatic heterocycles. The fraction of sp³-hybridized carbons (Fsp3) is 0.900. The summed E-state index contributed by atoms with van der Waals surface area (Å²) in [7, 11) is 2.11. The Morgan fingerprint density at radius 2 is 2.43 bits per heavy atom. The lowest BCUT2D eigenvalue weighted by Crippen LogP contribution is -2.45. The van der Waals surface area contributed by atoms with Crippen LogP contribution in [-0.4, -0.2) is 50.2 Å². The lowest BCUT2D eigenvalue weighted by atomic mass is 10.1. The van der Waals surface area contributed by atoms with E-state index in [4.69, 9.17) is 4.74 Å². The molecule has 0 radical (unpaired) electrons. The summed E-state index contributed by atoms with van der Waals surface area (Å²) in [4.78, 5) is 13.4. The van der Waals surface area contributed by atoms with E-state index in [1.165, 1.54) is 6.42 Å². The zero-order chi connectivity index (χ0) is 10.4. The minimum atomic E-state index is -0.152. The largest absolute Gasteiger partial charge is 0.465 e. The zero-order valence-corrected chi connectivity index (χ0v) is 9.08. The molecule has 0 aromatic rings. The first-order valence-electron chi connectivity index (χ1n) is 5.30. The summed E-state index contributed by atoms with van der Waals surface area (Å²) in [5, 5.41) is 3.22. The average Bonchev–Trinajstić information content (AvgIpc) is 2.15. The summed E-state index contributed by atoms with van der Waals surface area (Å²) >= 11 is 0. The highest BCUT2D eigenvalue weighted by molar-refractivity contribution is 5.71. The average molecular weight is 200 g/mol. The molecule has 1 N–H and O–H groups in total. The number of carbonyl (C=O) groups is 1. The van der Waals surface area contributed by atoms with Crippen LogP contribution in [0.1, 0.15) is 19.8 Å². The van der Waals surface area contributed by atoms with Crippen molar-refractivity contribution in [1.29, 1.82) is 0 Å². The predicted molar refractivity (Wildman–Crippen MR) is 55.2 cm³/mol. The minimum absolute atomic E-state index is 0.152. The molecule has 4 heteroatoms. The Labute approximate surface area is 85.6 Å². The fourth-order valence-electron chi connectivity index (χ4n) is 1.77. The number of rotatable bonds is 4. The van der Waals surface area contributed by atoms with Gasteiger partial charge in [-0.1, -0.05) is 0 Å². The van der Waals surface area contributed by atoms with E-state index in [1.807, 2.05) is 6.92 Å². The molecule has 0 aliphatic carbocycles. The summed E-state index contributed by atoms with van der Waals surface area (Å²) in [6.45, 7) is 4.82. The molecule has 0 bridgehead atoms. The minimum Gasteiger partial charge on any atom is -0.465 e. The smallest absolute Gasteiger partial charge is 0.319 e. The first kappa shape index (κ1) is 11.5. The number of carbonyl (C=O) groups excluding carboxylic acids is 1. The van der Waals surface area contributed by atoms with Gasteiger partial charge in [-0.2, -0.15) is 0 Å². The van der Waals surface area contributed by atoms with Gasteiger partial charge in [-0.05, 0) is 33.4 Å². The van der Waals surface area contributed by atoms with E-state index < -0.39 is 0 Å². The highest BCUT2D eigenvalue weighted by Crippen LogP contribution is 2.07. The molecule has 82 valence electrons. The molecule has 0 spiro atoms. The van der Waals surface area contributed by atoms with Gasteiger partial charge < -0.3 is 15.0 Å². The van der Waals surface area contributed by atoms with Crippen molar-refractivity contribution in [2.75, 3.05) is 33.3 Å². The maximum absolute atomic E-state index is 11.1. The van der Waals surface area contributed by atoms with Crippen LogP contribution in [-0.2, 0) is 9.53 Å². The van der Waals surface area contributed by atoms with Gasteiger partial charge in [0.2, 0.25) is 0 Å². The summed E-state index contributed by atoms with van der Waals surface area (Å²) in [6, 6.07) is 0.443. The second-order valence-electron chi connectivity index (χ2n) is 3.79. The van der Waals surface area contributed by atoms with Gasteiger partial charge in [0.1, 0.15) is 0 Å². The topological polar surface area (TPSA) is 41.6 Å². The first-order valence-corrected chi connectivity index (χ1v) is 5.30. The van der Waals surface area contributed by atoms with E-state index in [2.05, 4.69) is 17.3 Å². The molecule has 0 amide bonds. The van der Waals surface area contributed by atoms with Crippen LogP contribution < -0.4 is 5.32 Å². The molecular weight excluding hydrogens is 180 g/mol.